The van der Waals surface area contributed by atoms with Crippen molar-refractivity contribution in [1.82, 2.24) is 15.0 Å². The normalized spacial score (nSPS) is 13.2. The van der Waals surface area contributed by atoms with Crippen LogP contribution in [0.4, 0.5) is 0 Å². The van der Waals surface area contributed by atoms with Crippen molar-refractivity contribution in [1.29, 1.82) is 5.26 Å². The first-order chi connectivity index (χ1) is 17.3. The minimum absolute atomic E-state index is 0.0899. The number of allylic oxidation sites excluding steroid dienone is 6. The zero-order valence-corrected chi connectivity index (χ0v) is 19.1. The molecule has 4 aromatic rings. The second-order valence-electron chi connectivity index (χ2n) is 8.31. The molecule has 0 unspecified atom stereocenters. The second-order valence-corrected chi connectivity index (χ2v) is 8.31. The van der Waals surface area contributed by atoms with Crippen LogP contribution in [0.15, 0.2) is 121 Å². The number of benzene rings is 3. The average molecular weight is 457 g/mol. The molecule has 1 aliphatic carbocycles. The van der Waals surface area contributed by atoms with E-state index in [2.05, 4.69) is 42.5 Å². The summed E-state index contributed by atoms with van der Waals surface area (Å²) in [4.78, 5) is 1.69. The molecule has 0 fully saturated rings. The third kappa shape index (κ3) is 4.01. The molecular weight excluding hydrogens is 432 g/mol. The Kier molecular flexibility index (Phi) is 6.21. The zero-order valence-electron chi connectivity index (χ0n) is 19.1. The number of hydrogen-bond acceptors (Lipinski definition) is 4. The molecule has 0 spiro atoms. The third-order valence-corrected chi connectivity index (χ3v) is 6.24. The van der Waals surface area contributed by atoms with Gasteiger partial charge in [-0.05, 0) is 34.8 Å². The van der Waals surface area contributed by atoms with Crippen LogP contribution in [0.5, 0.6) is 0 Å². The standard InChI is InChI=1S/C30H24N4O/c31-21-28-29(24-13-11-12-23(20-24)22-35)33-34(32-28)30(26-16-7-3-8-17-26,27-18-9-4-10-19-27)25-14-5-1-2-6-15-25/h1-14,16-20,35H,15,22H2. The maximum Gasteiger partial charge on any atom is 0.190 e. The van der Waals surface area contributed by atoms with E-state index >= 15 is 0 Å². The zero-order chi connectivity index (χ0) is 24.1. The van der Waals surface area contributed by atoms with Crippen LogP contribution < -0.4 is 0 Å². The first-order valence-corrected chi connectivity index (χ1v) is 11.5. The second kappa shape index (κ2) is 9.76. The molecule has 35 heavy (non-hydrogen) atoms. The van der Waals surface area contributed by atoms with Crippen molar-refractivity contribution in [2.45, 2.75) is 18.6 Å². The highest BCUT2D eigenvalue weighted by atomic mass is 16.3. The quantitative estimate of drug-likeness (QED) is 0.413. The molecule has 5 rings (SSSR count). The van der Waals surface area contributed by atoms with Gasteiger partial charge in [-0.25, -0.2) is 0 Å². The number of hydrogen-bond donors (Lipinski definition) is 1. The minimum Gasteiger partial charge on any atom is -0.392 e. The average Bonchev–Trinajstić information content (AvgIpc) is 3.18. The molecule has 170 valence electrons. The van der Waals surface area contributed by atoms with Crippen LogP contribution in [0.3, 0.4) is 0 Å². The predicted octanol–water partition coefficient (Wildman–Crippen LogP) is 5.54. The monoisotopic (exact) mass is 456 g/mol. The maximum absolute atomic E-state index is 10.0. The highest BCUT2D eigenvalue weighted by molar-refractivity contribution is 5.65. The maximum atomic E-state index is 10.0. The van der Waals surface area contributed by atoms with Gasteiger partial charge in [0.25, 0.3) is 0 Å². The molecule has 0 saturated heterocycles. The molecule has 3 aromatic carbocycles. The minimum atomic E-state index is -0.875. The van der Waals surface area contributed by atoms with Crippen LogP contribution in [0.25, 0.3) is 11.3 Å². The van der Waals surface area contributed by atoms with Gasteiger partial charge in [0.1, 0.15) is 11.8 Å². The van der Waals surface area contributed by atoms with Crippen molar-refractivity contribution in [3.63, 3.8) is 0 Å². The van der Waals surface area contributed by atoms with E-state index in [0.717, 1.165) is 27.8 Å². The van der Waals surface area contributed by atoms with E-state index in [0.29, 0.717) is 12.1 Å². The lowest BCUT2D eigenvalue weighted by atomic mass is 9.75. The summed E-state index contributed by atoms with van der Waals surface area (Å²) in [6.45, 7) is -0.0899. The molecule has 1 aliphatic rings. The van der Waals surface area contributed by atoms with Gasteiger partial charge < -0.3 is 5.11 Å². The smallest absolute Gasteiger partial charge is 0.190 e. The van der Waals surface area contributed by atoms with Crippen LogP contribution in [-0.4, -0.2) is 20.1 Å². The summed E-state index contributed by atoms with van der Waals surface area (Å²) in [6.07, 6.45) is 11.0. The van der Waals surface area contributed by atoms with Gasteiger partial charge in [0.05, 0.1) is 6.61 Å². The van der Waals surface area contributed by atoms with Gasteiger partial charge in [0, 0.05) is 5.56 Å². The van der Waals surface area contributed by atoms with Crippen molar-refractivity contribution < 1.29 is 5.11 Å². The van der Waals surface area contributed by atoms with Crippen LogP contribution in [0.2, 0.25) is 0 Å². The number of nitriles is 1. The number of rotatable bonds is 6. The first-order valence-electron chi connectivity index (χ1n) is 11.5. The van der Waals surface area contributed by atoms with Crippen LogP contribution >= 0.6 is 0 Å². The van der Waals surface area contributed by atoms with E-state index in [9.17, 15) is 10.4 Å². The van der Waals surface area contributed by atoms with Gasteiger partial charge in [-0.2, -0.15) is 15.2 Å². The largest absolute Gasteiger partial charge is 0.392 e. The molecule has 0 saturated carbocycles. The molecule has 5 heteroatoms. The molecule has 5 nitrogen and oxygen atoms in total. The molecule has 0 atom stereocenters. The SMILES string of the molecule is N#Cc1nn(C(C2=CC=CC=CC2)(c2ccccc2)c2ccccc2)nc1-c1cccc(CO)c1. The Bertz CT molecular complexity index is 1420. The van der Waals surface area contributed by atoms with Gasteiger partial charge >= 0.3 is 0 Å². The topological polar surface area (TPSA) is 74.7 Å². The Labute approximate surface area is 204 Å². The number of aromatic nitrogens is 3. The van der Waals surface area contributed by atoms with E-state index in [-0.39, 0.29) is 12.3 Å². The van der Waals surface area contributed by atoms with Gasteiger partial charge in [-0.3, -0.25) is 0 Å². The number of aliphatic hydroxyl groups excluding tert-OH is 1. The Morgan fingerprint density at radius 2 is 1.57 bits per heavy atom. The van der Waals surface area contributed by atoms with Crippen LogP contribution in [0.1, 0.15) is 28.8 Å². The van der Waals surface area contributed by atoms with Crippen molar-refractivity contribution in [2.24, 2.45) is 0 Å². The Balaban J connectivity index is 1.84. The predicted molar refractivity (Wildman–Crippen MR) is 136 cm³/mol. The van der Waals surface area contributed by atoms with E-state index in [1.54, 1.807) is 4.80 Å². The summed E-state index contributed by atoms with van der Waals surface area (Å²) in [7, 11) is 0. The fourth-order valence-corrected chi connectivity index (χ4v) is 4.64. The first kappa shape index (κ1) is 22.3. The summed E-state index contributed by atoms with van der Waals surface area (Å²) < 4.78 is 0. The van der Waals surface area contributed by atoms with Crippen LogP contribution in [0, 0.1) is 11.3 Å². The Morgan fingerprint density at radius 3 is 2.23 bits per heavy atom. The molecule has 1 N–H and O–H groups in total. The van der Waals surface area contributed by atoms with Crippen molar-refractivity contribution in [3.05, 3.63) is 143 Å². The number of aliphatic hydroxyl groups is 1. The summed E-state index contributed by atoms with van der Waals surface area (Å²) >= 11 is 0. The van der Waals surface area contributed by atoms with E-state index in [4.69, 9.17) is 10.2 Å². The molecule has 0 bridgehead atoms. The summed E-state index contributed by atoms with van der Waals surface area (Å²) in [5, 5.41) is 29.4. The summed E-state index contributed by atoms with van der Waals surface area (Å²) in [5.41, 5.74) is 4.41. The fraction of sp³-hybridized carbons (Fsp3) is 0.100. The van der Waals surface area contributed by atoms with Gasteiger partial charge in [0.15, 0.2) is 11.2 Å². The highest BCUT2D eigenvalue weighted by Gasteiger charge is 2.42. The molecule has 1 heterocycles. The van der Waals surface area contributed by atoms with Crippen molar-refractivity contribution >= 4 is 0 Å². The lowest BCUT2D eigenvalue weighted by Crippen LogP contribution is -2.40. The van der Waals surface area contributed by atoms with E-state index < -0.39 is 5.54 Å². The van der Waals surface area contributed by atoms with Gasteiger partial charge in [0.2, 0.25) is 0 Å². The van der Waals surface area contributed by atoms with Crippen molar-refractivity contribution in [3.8, 4) is 17.3 Å². The fourth-order valence-electron chi connectivity index (χ4n) is 4.64. The van der Waals surface area contributed by atoms with Crippen molar-refractivity contribution in [2.75, 3.05) is 0 Å². The number of nitrogens with zero attached hydrogens (tertiary/aromatic N) is 4. The lowest BCUT2D eigenvalue weighted by molar-refractivity contribution is 0.282. The van der Waals surface area contributed by atoms with E-state index in [1.165, 1.54) is 0 Å². The van der Waals surface area contributed by atoms with Crippen LogP contribution in [-0.2, 0) is 12.1 Å². The molecule has 1 aromatic heterocycles. The Morgan fingerprint density at radius 1 is 0.857 bits per heavy atom. The molecule has 0 radical (unpaired) electrons. The molecular formula is C30H24N4O. The lowest BCUT2D eigenvalue weighted by Gasteiger charge is -2.36. The third-order valence-electron chi connectivity index (χ3n) is 6.24. The molecule has 0 aliphatic heterocycles. The molecule has 0 amide bonds. The summed E-state index contributed by atoms with van der Waals surface area (Å²) in [6, 6.07) is 30.0. The van der Waals surface area contributed by atoms with Gasteiger partial charge in [-0.1, -0.05) is 109 Å². The van der Waals surface area contributed by atoms with E-state index in [1.807, 2.05) is 78.9 Å². The summed E-state index contributed by atoms with van der Waals surface area (Å²) in [5.74, 6) is 0. The Hall–Kier alpha value is -4.53. The van der Waals surface area contributed by atoms with Gasteiger partial charge in [-0.15, -0.1) is 5.10 Å². The highest BCUT2D eigenvalue weighted by Crippen LogP contribution is 2.42.